The van der Waals surface area contributed by atoms with E-state index in [1.807, 2.05) is 11.3 Å². The van der Waals surface area contributed by atoms with E-state index in [0.29, 0.717) is 0 Å². The minimum atomic E-state index is 0.896. The van der Waals surface area contributed by atoms with Crippen molar-refractivity contribution in [2.24, 2.45) is 0 Å². The molecule has 0 aliphatic rings. The molecular formula is C48H28N2OS. The highest BCUT2D eigenvalue weighted by Crippen LogP contribution is 2.49. The summed E-state index contributed by atoms with van der Waals surface area (Å²) in [7, 11) is 0. The van der Waals surface area contributed by atoms with Gasteiger partial charge < -0.3 is 13.6 Å². The molecule has 0 saturated carbocycles. The number of thiophene rings is 1. The van der Waals surface area contributed by atoms with Crippen LogP contribution in [-0.4, -0.2) is 9.13 Å². The van der Waals surface area contributed by atoms with Crippen molar-refractivity contribution in [2.75, 3.05) is 0 Å². The second-order valence-electron chi connectivity index (χ2n) is 13.6. The van der Waals surface area contributed by atoms with Gasteiger partial charge in [0.1, 0.15) is 5.58 Å². The predicted molar refractivity (Wildman–Crippen MR) is 221 cm³/mol. The van der Waals surface area contributed by atoms with Crippen LogP contribution in [0.15, 0.2) is 174 Å². The lowest BCUT2D eigenvalue weighted by molar-refractivity contribution is 0.671. The van der Waals surface area contributed by atoms with E-state index in [0.717, 1.165) is 44.3 Å². The molecule has 4 aromatic heterocycles. The Hall–Kier alpha value is -6.62. The summed E-state index contributed by atoms with van der Waals surface area (Å²) in [5.41, 5.74) is 11.1. The first-order chi connectivity index (χ1) is 25.8. The molecule has 0 amide bonds. The number of hydrogen-bond donors (Lipinski definition) is 0. The maximum absolute atomic E-state index is 6.92. The number of furan rings is 1. The van der Waals surface area contributed by atoms with Gasteiger partial charge in [-0.25, -0.2) is 0 Å². The Bertz CT molecular complexity index is 3390. The molecular weight excluding hydrogens is 653 g/mol. The first-order valence-corrected chi connectivity index (χ1v) is 18.5. The van der Waals surface area contributed by atoms with E-state index in [9.17, 15) is 0 Å². The average molecular weight is 681 g/mol. The van der Waals surface area contributed by atoms with Crippen molar-refractivity contribution in [1.29, 1.82) is 0 Å². The van der Waals surface area contributed by atoms with Crippen LogP contribution in [0, 0.1) is 0 Å². The molecule has 0 fully saturated rings. The first-order valence-electron chi connectivity index (χ1n) is 17.7. The summed E-state index contributed by atoms with van der Waals surface area (Å²) >= 11 is 1.88. The fourth-order valence-corrected chi connectivity index (χ4v) is 10.0. The molecule has 0 radical (unpaired) electrons. The van der Waals surface area contributed by atoms with Crippen LogP contribution in [0.3, 0.4) is 0 Å². The zero-order valence-electron chi connectivity index (χ0n) is 27.9. The molecule has 242 valence electrons. The van der Waals surface area contributed by atoms with Gasteiger partial charge in [-0.15, -0.1) is 11.3 Å². The molecule has 52 heavy (non-hydrogen) atoms. The number of para-hydroxylation sites is 4. The fourth-order valence-electron chi connectivity index (χ4n) is 8.76. The molecule has 0 atom stereocenters. The van der Waals surface area contributed by atoms with Gasteiger partial charge in [0, 0.05) is 63.9 Å². The van der Waals surface area contributed by atoms with Gasteiger partial charge in [-0.1, -0.05) is 121 Å². The molecule has 0 saturated heterocycles. The minimum absolute atomic E-state index is 0.896. The van der Waals surface area contributed by atoms with Crippen molar-refractivity contribution in [3.63, 3.8) is 0 Å². The van der Waals surface area contributed by atoms with Crippen LogP contribution in [-0.2, 0) is 0 Å². The monoisotopic (exact) mass is 680 g/mol. The quantitative estimate of drug-likeness (QED) is 0.182. The lowest BCUT2D eigenvalue weighted by Crippen LogP contribution is -1.96. The third-order valence-electron chi connectivity index (χ3n) is 10.9. The average Bonchev–Trinajstić information content (AvgIpc) is 3.96. The smallest absolute Gasteiger partial charge is 0.160 e. The molecule has 3 nitrogen and oxygen atoms in total. The number of rotatable bonds is 3. The Morgan fingerprint density at radius 3 is 1.79 bits per heavy atom. The van der Waals surface area contributed by atoms with Crippen molar-refractivity contribution in [3.05, 3.63) is 170 Å². The van der Waals surface area contributed by atoms with Crippen molar-refractivity contribution in [1.82, 2.24) is 9.13 Å². The number of benzene rings is 8. The number of nitrogens with zero attached hydrogens (tertiary/aromatic N) is 2. The Labute approximate surface area is 301 Å². The third-order valence-corrected chi connectivity index (χ3v) is 12.1. The van der Waals surface area contributed by atoms with Gasteiger partial charge in [0.05, 0.1) is 22.1 Å². The van der Waals surface area contributed by atoms with E-state index in [1.54, 1.807) is 0 Å². The maximum atomic E-state index is 6.92. The fraction of sp³-hybridized carbons (Fsp3) is 0. The van der Waals surface area contributed by atoms with Gasteiger partial charge in [0.25, 0.3) is 0 Å². The topological polar surface area (TPSA) is 23.0 Å². The normalized spacial score (nSPS) is 12.2. The van der Waals surface area contributed by atoms with Crippen LogP contribution in [0.25, 0.3) is 108 Å². The van der Waals surface area contributed by atoms with E-state index in [-0.39, 0.29) is 0 Å². The summed E-state index contributed by atoms with van der Waals surface area (Å²) in [5, 5.41) is 9.75. The molecule has 0 spiro atoms. The van der Waals surface area contributed by atoms with E-state index in [2.05, 4.69) is 179 Å². The minimum Gasteiger partial charge on any atom is -0.454 e. The van der Waals surface area contributed by atoms with Crippen molar-refractivity contribution in [2.45, 2.75) is 0 Å². The van der Waals surface area contributed by atoms with Crippen LogP contribution >= 0.6 is 11.3 Å². The van der Waals surface area contributed by atoms with E-state index in [1.165, 1.54) is 63.9 Å². The zero-order valence-corrected chi connectivity index (χ0v) is 28.7. The van der Waals surface area contributed by atoms with E-state index >= 15 is 0 Å². The van der Waals surface area contributed by atoms with Crippen LogP contribution in [0.5, 0.6) is 0 Å². The summed E-state index contributed by atoms with van der Waals surface area (Å²) in [6.45, 7) is 0. The van der Waals surface area contributed by atoms with E-state index < -0.39 is 0 Å². The molecule has 12 rings (SSSR count). The van der Waals surface area contributed by atoms with Gasteiger partial charge in [0.2, 0.25) is 0 Å². The zero-order chi connectivity index (χ0) is 33.9. The maximum Gasteiger partial charge on any atom is 0.160 e. The highest BCUT2D eigenvalue weighted by atomic mass is 32.1. The Morgan fingerprint density at radius 1 is 0.404 bits per heavy atom. The number of fused-ring (bicyclic) bond motifs is 15. The largest absolute Gasteiger partial charge is 0.454 e. The second-order valence-corrected chi connectivity index (χ2v) is 14.7. The van der Waals surface area contributed by atoms with Crippen molar-refractivity contribution < 1.29 is 4.42 Å². The lowest BCUT2D eigenvalue weighted by atomic mass is 10.0. The summed E-state index contributed by atoms with van der Waals surface area (Å²) in [5.74, 6) is 0. The number of hydrogen-bond acceptors (Lipinski definition) is 2. The third kappa shape index (κ3) is 3.69. The van der Waals surface area contributed by atoms with Crippen molar-refractivity contribution in [3.8, 4) is 22.5 Å². The highest BCUT2D eigenvalue weighted by molar-refractivity contribution is 7.26. The molecule has 0 aliphatic carbocycles. The molecule has 8 aromatic carbocycles. The molecule has 12 aromatic rings. The van der Waals surface area contributed by atoms with Crippen LogP contribution in [0.1, 0.15) is 0 Å². The van der Waals surface area contributed by atoms with Gasteiger partial charge in [-0.3, -0.25) is 0 Å². The summed E-state index contributed by atoms with van der Waals surface area (Å²) < 4.78 is 14.5. The Kier molecular flexibility index (Phi) is 5.65. The van der Waals surface area contributed by atoms with Gasteiger partial charge >= 0.3 is 0 Å². The Balaban J connectivity index is 1.23. The molecule has 0 N–H and O–H groups in total. The molecule has 0 aliphatic heterocycles. The van der Waals surface area contributed by atoms with Crippen LogP contribution < -0.4 is 0 Å². The molecule has 0 unspecified atom stereocenters. The highest BCUT2D eigenvalue weighted by Gasteiger charge is 2.27. The Morgan fingerprint density at radius 2 is 1.00 bits per heavy atom. The van der Waals surface area contributed by atoms with Crippen LogP contribution in [0.2, 0.25) is 0 Å². The predicted octanol–water partition coefficient (Wildman–Crippen LogP) is 13.8. The van der Waals surface area contributed by atoms with Gasteiger partial charge in [-0.05, 0) is 59.7 Å². The second kappa shape index (κ2) is 10.5. The van der Waals surface area contributed by atoms with E-state index in [4.69, 9.17) is 4.42 Å². The van der Waals surface area contributed by atoms with Gasteiger partial charge in [-0.2, -0.15) is 0 Å². The molecule has 4 heterocycles. The van der Waals surface area contributed by atoms with Crippen molar-refractivity contribution >= 4 is 97.1 Å². The first kappa shape index (κ1) is 28.1. The SMILES string of the molecule is c1ccc(-n2c3ccccc3c3c2c2oc4ccccc4c2c2c4ccccc4n(-c4ccc(-c5cccc6c5sc5ccccc56)cc4)c23)cc1. The summed E-state index contributed by atoms with van der Waals surface area (Å²) in [6.07, 6.45) is 0. The molecule has 4 heteroatoms. The number of aromatic nitrogens is 2. The van der Waals surface area contributed by atoms with Crippen LogP contribution in [0.4, 0.5) is 0 Å². The van der Waals surface area contributed by atoms with Gasteiger partial charge in [0.15, 0.2) is 5.58 Å². The summed E-state index contributed by atoms with van der Waals surface area (Å²) in [6, 6.07) is 61.4. The summed E-state index contributed by atoms with van der Waals surface area (Å²) in [4.78, 5) is 0. The lowest BCUT2D eigenvalue weighted by Gasteiger charge is -2.12. The molecule has 0 bridgehead atoms. The standard InChI is InChI=1S/C48H28N2OS/c1-2-13-30(14-3-1)50-39-22-9-5-17-36(39)44-45-42(43-37-18-6-10-23-40(37)51-47(43)46(44)50)35-16-4-8-21-38(35)49(45)31-27-25-29(26-28-31)32-19-12-20-34-33-15-7-11-24-41(33)52-48(32)34/h1-28H.